The van der Waals surface area contributed by atoms with Crippen molar-refractivity contribution in [2.45, 2.75) is 18.5 Å². The summed E-state index contributed by atoms with van der Waals surface area (Å²) >= 11 is 0. The molecule has 6 rings (SSSR count). The molecule has 2 atom stereocenters. The quantitative estimate of drug-likeness (QED) is 0.502. The van der Waals surface area contributed by atoms with E-state index < -0.39 is 6.09 Å². The minimum absolute atomic E-state index is 0.0120. The third-order valence-electron chi connectivity index (χ3n) is 6.01. The van der Waals surface area contributed by atoms with Crippen LogP contribution in [0.1, 0.15) is 6.42 Å². The van der Waals surface area contributed by atoms with Crippen LogP contribution in [0.3, 0.4) is 0 Å². The Morgan fingerprint density at radius 1 is 1.06 bits per heavy atom. The summed E-state index contributed by atoms with van der Waals surface area (Å²) in [6, 6.07) is 7.82. The van der Waals surface area contributed by atoms with Crippen molar-refractivity contribution < 1.29 is 9.90 Å². The molecule has 11 nitrogen and oxygen atoms in total. The van der Waals surface area contributed by atoms with Gasteiger partial charge in [-0.15, -0.1) is 5.10 Å². The minimum atomic E-state index is -0.851. The average Bonchev–Trinajstić information content (AvgIpc) is 3.53. The summed E-state index contributed by atoms with van der Waals surface area (Å²) in [6.45, 7) is 1.15. The zero-order chi connectivity index (χ0) is 21.7. The third-order valence-corrected chi connectivity index (χ3v) is 6.01. The number of rotatable bonds is 4. The van der Waals surface area contributed by atoms with Crippen molar-refractivity contribution >= 4 is 34.6 Å². The predicted molar refractivity (Wildman–Crippen MR) is 116 cm³/mol. The zero-order valence-corrected chi connectivity index (χ0v) is 16.9. The Kier molecular flexibility index (Phi) is 4.13. The number of carbonyl (C=O) groups is 1. The van der Waals surface area contributed by atoms with Crippen molar-refractivity contribution in [3.63, 3.8) is 0 Å². The maximum Gasteiger partial charge on any atom is 0.407 e. The zero-order valence-electron chi connectivity index (χ0n) is 16.9. The smallest absolute Gasteiger partial charge is 0.407 e. The number of pyridine rings is 2. The molecule has 0 unspecified atom stereocenters. The van der Waals surface area contributed by atoms with Crippen molar-refractivity contribution in [2.24, 2.45) is 0 Å². The van der Waals surface area contributed by atoms with E-state index in [1.165, 1.54) is 4.90 Å². The van der Waals surface area contributed by atoms with Gasteiger partial charge in [-0.05, 0) is 24.6 Å². The highest BCUT2D eigenvalue weighted by atomic mass is 16.4. The van der Waals surface area contributed by atoms with Crippen LogP contribution in [-0.4, -0.2) is 71.0 Å². The molecule has 2 bridgehead atoms. The second kappa shape index (κ2) is 7.15. The summed E-state index contributed by atoms with van der Waals surface area (Å²) in [5.74, 6) is 2.03. The molecule has 2 aliphatic heterocycles. The fraction of sp³-hybridized carbons (Fsp3) is 0.238. The highest BCUT2D eigenvalue weighted by Crippen LogP contribution is 2.34. The lowest BCUT2D eigenvalue weighted by atomic mass is 10.2. The van der Waals surface area contributed by atoms with Crippen molar-refractivity contribution in [1.29, 1.82) is 0 Å². The highest BCUT2D eigenvalue weighted by Gasteiger charge is 2.45. The van der Waals surface area contributed by atoms with Crippen molar-refractivity contribution in [3.8, 4) is 5.69 Å². The van der Waals surface area contributed by atoms with Crippen LogP contribution in [0.25, 0.3) is 16.7 Å². The lowest BCUT2D eigenvalue weighted by Gasteiger charge is -2.33. The van der Waals surface area contributed by atoms with E-state index in [0.29, 0.717) is 30.4 Å². The second-order valence-electron chi connectivity index (χ2n) is 7.85. The Labute approximate surface area is 182 Å². The van der Waals surface area contributed by atoms with Gasteiger partial charge in [0.05, 0.1) is 29.4 Å². The SMILES string of the molecule is O=C(O)N1C[C@@H]2C[C@H]1CN2c1cc(-n2nc(Nc3cnccn3)c3cccnc32)ccn1. The van der Waals surface area contributed by atoms with Gasteiger partial charge in [0.2, 0.25) is 0 Å². The molecule has 0 saturated carbocycles. The van der Waals surface area contributed by atoms with E-state index in [2.05, 4.69) is 30.2 Å². The van der Waals surface area contributed by atoms with E-state index in [1.807, 2.05) is 24.3 Å². The molecule has 4 aromatic rings. The fourth-order valence-corrected chi connectivity index (χ4v) is 4.59. The lowest BCUT2D eigenvalue weighted by molar-refractivity contribution is 0.137. The summed E-state index contributed by atoms with van der Waals surface area (Å²) in [5.41, 5.74) is 1.53. The van der Waals surface area contributed by atoms with Crippen LogP contribution in [0.2, 0.25) is 0 Å². The van der Waals surface area contributed by atoms with Gasteiger partial charge in [0.15, 0.2) is 11.5 Å². The van der Waals surface area contributed by atoms with E-state index in [4.69, 9.17) is 5.10 Å². The van der Waals surface area contributed by atoms with Crippen LogP contribution in [0.5, 0.6) is 0 Å². The van der Waals surface area contributed by atoms with E-state index >= 15 is 0 Å². The number of carboxylic acid groups (broad SMARTS) is 1. The standard InChI is InChI=1S/C21H19N9O2/c31-21(32)29-12-14-8-15(29)11-28(14)18-9-13(3-5-24-18)30-20-16(2-1-4-25-20)19(27-30)26-17-10-22-6-7-23-17/h1-7,9-10,14-15H,8,11-12H2,(H,31,32)(H,23,26,27)/t14-,15-/m0/s1. The molecule has 0 spiro atoms. The summed E-state index contributed by atoms with van der Waals surface area (Å²) in [4.78, 5) is 32.5. The number of hydrogen-bond donors (Lipinski definition) is 2. The molecule has 32 heavy (non-hydrogen) atoms. The van der Waals surface area contributed by atoms with Crippen LogP contribution < -0.4 is 10.2 Å². The molecule has 11 heteroatoms. The Morgan fingerprint density at radius 3 is 2.78 bits per heavy atom. The van der Waals surface area contributed by atoms with Crippen molar-refractivity contribution in [1.82, 2.24) is 34.6 Å². The van der Waals surface area contributed by atoms with Crippen LogP contribution in [0, 0.1) is 0 Å². The molecule has 6 heterocycles. The van der Waals surface area contributed by atoms with Gasteiger partial charge in [-0.2, -0.15) is 0 Å². The topological polar surface area (TPSA) is 125 Å². The first-order valence-corrected chi connectivity index (χ1v) is 10.3. The maximum absolute atomic E-state index is 11.4. The van der Waals surface area contributed by atoms with Crippen LogP contribution >= 0.6 is 0 Å². The first-order chi connectivity index (χ1) is 15.7. The molecule has 1 amide bonds. The highest BCUT2D eigenvalue weighted by molar-refractivity contribution is 5.90. The monoisotopic (exact) mass is 429 g/mol. The number of nitrogens with zero attached hydrogens (tertiary/aromatic N) is 8. The molecule has 0 aromatic carbocycles. The molecule has 2 saturated heterocycles. The normalized spacial score (nSPS) is 19.6. The molecule has 2 fully saturated rings. The predicted octanol–water partition coefficient (Wildman–Crippen LogP) is 2.29. The first kappa shape index (κ1) is 18.5. The summed E-state index contributed by atoms with van der Waals surface area (Å²) in [5, 5.41) is 18.2. The molecular formula is C21H19N9O2. The van der Waals surface area contributed by atoms with E-state index in [1.54, 1.807) is 35.7 Å². The summed E-state index contributed by atoms with van der Waals surface area (Å²) < 4.78 is 1.77. The van der Waals surface area contributed by atoms with Gasteiger partial charge in [0.1, 0.15) is 11.6 Å². The Morgan fingerprint density at radius 2 is 2.00 bits per heavy atom. The molecular weight excluding hydrogens is 410 g/mol. The third kappa shape index (κ3) is 2.97. The minimum Gasteiger partial charge on any atom is -0.465 e. The lowest BCUT2D eigenvalue weighted by Crippen LogP contribution is -2.48. The van der Waals surface area contributed by atoms with Crippen molar-refractivity contribution in [2.75, 3.05) is 23.3 Å². The van der Waals surface area contributed by atoms with Gasteiger partial charge in [0, 0.05) is 43.9 Å². The molecule has 160 valence electrons. The van der Waals surface area contributed by atoms with Crippen molar-refractivity contribution in [3.05, 3.63) is 55.2 Å². The first-order valence-electron chi connectivity index (χ1n) is 10.3. The number of fused-ring (bicyclic) bond motifs is 3. The number of hydrogen-bond acceptors (Lipinski definition) is 8. The van der Waals surface area contributed by atoms with E-state index in [9.17, 15) is 9.90 Å². The number of amides is 1. The van der Waals surface area contributed by atoms with Gasteiger partial charge < -0.3 is 20.2 Å². The molecule has 2 aliphatic rings. The van der Waals surface area contributed by atoms with Gasteiger partial charge in [-0.3, -0.25) is 4.98 Å². The molecule has 4 aromatic heterocycles. The Bertz CT molecular complexity index is 1310. The van der Waals surface area contributed by atoms with Crippen LogP contribution in [0.4, 0.5) is 22.2 Å². The number of anilines is 3. The number of aromatic nitrogens is 6. The number of nitrogens with one attached hydrogen (secondary N) is 1. The van der Waals surface area contributed by atoms with Gasteiger partial charge in [0.25, 0.3) is 0 Å². The average molecular weight is 429 g/mol. The number of likely N-dealkylation sites (tertiary alicyclic amines) is 1. The van der Waals surface area contributed by atoms with E-state index in [-0.39, 0.29) is 12.1 Å². The molecule has 0 aliphatic carbocycles. The molecule has 0 radical (unpaired) electrons. The maximum atomic E-state index is 11.4. The molecule has 2 N–H and O–H groups in total. The van der Waals surface area contributed by atoms with Gasteiger partial charge in [-0.25, -0.2) is 24.4 Å². The van der Waals surface area contributed by atoms with Crippen LogP contribution in [0.15, 0.2) is 55.2 Å². The summed E-state index contributed by atoms with van der Waals surface area (Å²) in [6.07, 6.45) is 8.32. The largest absolute Gasteiger partial charge is 0.465 e. The Hall–Kier alpha value is -4.28. The summed E-state index contributed by atoms with van der Waals surface area (Å²) in [7, 11) is 0. The fourth-order valence-electron chi connectivity index (χ4n) is 4.59. The van der Waals surface area contributed by atoms with Gasteiger partial charge >= 0.3 is 6.09 Å². The van der Waals surface area contributed by atoms with Gasteiger partial charge in [-0.1, -0.05) is 0 Å². The Balaban J connectivity index is 1.35. The number of piperazine rings is 1. The van der Waals surface area contributed by atoms with Crippen LogP contribution in [-0.2, 0) is 0 Å². The van der Waals surface area contributed by atoms with E-state index in [0.717, 1.165) is 23.3 Å². The second-order valence-corrected chi connectivity index (χ2v) is 7.85.